The van der Waals surface area contributed by atoms with Crippen molar-refractivity contribution in [3.63, 3.8) is 0 Å². The van der Waals surface area contributed by atoms with Crippen LogP contribution in [0, 0.1) is 22.7 Å². The van der Waals surface area contributed by atoms with Crippen LogP contribution in [0.5, 0.6) is 0 Å². The highest BCUT2D eigenvalue weighted by Crippen LogP contribution is 2.47. The Kier molecular flexibility index (Phi) is 3.97. The van der Waals surface area contributed by atoms with E-state index in [9.17, 15) is 9.59 Å². The summed E-state index contributed by atoms with van der Waals surface area (Å²) in [7, 11) is 0. The number of hydrogen-bond acceptors (Lipinski definition) is 4. The van der Waals surface area contributed by atoms with Crippen LogP contribution in [0.15, 0.2) is 6.07 Å². The van der Waals surface area contributed by atoms with Crippen molar-refractivity contribution in [3.8, 4) is 6.07 Å². The fourth-order valence-electron chi connectivity index (χ4n) is 3.12. The van der Waals surface area contributed by atoms with E-state index in [4.69, 9.17) is 5.26 Å². The molecule has 1 aliphatic heterocycles. The van der Waals surface area contributed by atoms with E-state index in [0.29, 0.717) is 44.0 Å². The number of likely N-dealkylation sites (tertiary alicyclic amines) is 1. The van der Waals surface area contributed by atoms with Crippen molar-refractivity contribution in [2.24, 2.45) is 11.3 Å². The first-order chi connectivity index (χ1) is 10.9. The molecule has 2 heterocycles. The summed E-state index contributed by atoms with van der Waals surface area (Å²) in [6.45, 7) is 5.32. The molecule has 0 unspecified atom stereocenters. The summed E-state index contributed by atoms with van der Waals surface area (Å²) in [5, 5.41) is 16.1. The van der Waals surface area contributed by atoms with Gasteiger partial charge in [-0.3, -0.25) is 14.7 Å². The molecule has 1 amide bonds. The molecule has 3 rings (SSSR count). The van der Waals surface area contributed by atoms with Gasteiger partial charge in [-0.25, -0.2) is 0 Å². The molecule has 0 bridgehead atoms. The fraction of sp³-hybridized carbons (Fsp3) is 0.647. The number of rotatable bonds is 5. The van der Waals surface area contributed by atoms with Gasteiger partial charge in [0.15, 0.2) is 5.78 Å². The number of aromatic amines is 1. The smallest absolute Gasteiger partial charge is 0.274 e. The van der Waals surface area contributed by atoms with Gasteiger partial charge in [-0.2, -0.15) is 10.4 Å². The van der Waals surface area contributed by atoms with Gasteiger partial charge in [0.05, 0.1) is 6.07 Å². The van der Waals surface area contributed by atoms with E-state index < -0.39 is 5.41 Å². The molecular formula is C17H22N4O2. The second kappa shape index (κ2) is 5.80. The van der Waals surface area contributed by atoms with E-state index in [2.05, 4.69) is 16.3 Å². The highest BCUT2D eigenvalue weighted by atomic mass is 16.2. The second-order valence-corrected chi connectivity index (χ2v) is 7.09. The molecule has 6 heteroatoms. The van der Waals surface area contributed by atoms with Crippen LogP contribution < -0.4 is 0 Å². The molecule has 1 atom stereocenters. The first-order valence-corrected chi connectivity index (χ1v) is 8.24. The van der Waals surface area contributed by atoms with E-state index in [1.54, 1.807) is 11.0 Å². The van der Waals surface area contributed by atoms with E-state index in [0.717, 1.165) is 12.1 Å². The predicted molar refractivity (Wildman–Crippen MR) is 83.6 cm³/mol. The Bertz CT molecular complexity index is 666. The number of nitriles is 1. The molecule has 0 spiro atoms. The molecular weight excluding hydrogens is 292 g/mol. The maximum Gasteiger partial charge on any atom is 0.274 e. The lowest BCUT2D eigenvalue weighted by molar-refractivity contribution is -0.123. The lowest BCUT2D eigenvalue weighted by atomic mass is 9.92. The molecule has 1 aliphatic carbocycles. The minimum Gasteiger partial charge on any atom is -0.337 e. The number of hydrogen-bond donors (Lipinski definition) is 1. The third kappa shape index (κ3) is 3.00. The van der Waals surface area contributed by atoms with Crippen LogP contribution in [0.3, 0.4) is 0 Å². The van der Waals surface area contributed by atoms with Crippen molar-refractivity contribution in [2.75, 3.05) is 13.1 Å². The van der Waals surface area contributed by atoms with Gasteiger partial charge in [0.2, 0.25) is 0 Å². The minimum absolute atomic E-state index is 0.0566. The maximum absolute atomic E-state index is 12.5. The number of carbonyl (C=O) groups excluding carboxylic acids is 2. The molecule has 1 aromatic heterocycles. The number of ketones is 1. The Hall–Kier alpha value is -2.16. The topological polar surface area (TPSA) is 89.8 Å². The largest absolute Gasteiger partial charge is 0.337 e. The van der Waals surface area contributed by atoms with Crippen molar-refractivity contribution < 1.29 is 9.59 Å². The maximum atomic E-state index is 12.5. The Balaban J connectivity index is 1.58. The summed E-state index contributed by atoms with van der Waals surface area (Å²) in [5.41, 5.74) is 0.687. The van der Waals surface area contributed by atoms with Gasteiger partial charge in [-0.05, 0) is 37.2 Å². The summed E-state index contributed by atoms with van der Waals surface area (Å²) in [6.07, 6.45) is 2.63. The van der Waals surface area contributed by atoms with Crippen LogP contribution in [-0.4, -0.2) is 39.9 Å². The minimum atomic E-state index is -0.703. The van der Waals surface area contributed by atoms with Crippen molar-refractivity contribution in [2.45, 2.75) is 45.4 Å². The Labute approximate surface area is 135 Å². The van der Waals surface area contributed by atoms with Crippen molar-refractivity contribution >= 4 is 11.7 Å². The van der Waals surface area contributed by atoms with Crippen molar-refractivity contribution in [3.05, 3.63) is 17.5 Å². The highest BCUT2D eigenvalue weighted by Gasteiger charge is 2.50. The van der Waals surface area contributed by atoms with E-state index in [1.807, 2.05) is 13.8 Å². The average molecular weight is 314 g/mol. The summed E-state index contributed by atoms with van der Waals surface area (Å²) in [4.78, 5) is 26.4. The molecule has 2 aliphatic rings. The molecule has 0 radical (unpaired) electrons. The average Bonchev–Trinajstić information content (AvgIpc) is 2.97. The Morgan fingerprint density at radius 1 is 1.52 bits per heavy atom. The monoisotopic (exact) mass is 314 g/mol. The number of carbonyl (C=O) groups is 2. The van der Waals surface area contributed by atoms with Crippen LogP contribution in [0.4, 0.5) is 0 Å². The zero-order valence-corrected chi connectivity index (χ0v) is 13.6. The standard InChI is InChI=1S/C17H22N4O2/c1-11(2)13-8-14(20-19-13)16(23)21-6-3-12(9-21)7-15(22)17(10-18)4-5-17/h8,11-12H,3-7,9H2,1-2H3,(H,19,20)/t12-/m0/s1. The molecule has 1 saturated carbocycles. The number of aromatic nitrogens is 2. The zero-order chi connectivity index (χ0) is 16.6. The molecule has 1 saturated heterocycles. The van der Waals surface area contributed by atoms with E-state index in [-0.39, 0.29) is 17.6 Å². The van der Waals surface area contributed by atoms with Crippen LogP contribution in [0.2, 0.25) is 0 Å². The molecule has 1 aromatic rings. The first kappa shape index (κ1) is 15.7. The molecule has 23 heavy (non-hydrogen) atoms. The van der Waals surface area contributed by atoms with Crippen LogP contribution >= 0.6 is 0 Å². The van der Waals surface area contributed by atoms with E-state index >= 15 is 0 Å². The van der Waals surface area contributed by atoms with Crippen LogP contribution in [0.25, 0.3) is 0 Å². The Morgan fingerprint density at radius 3 is 2.83 bits per heavy atom. The number of nitrogens with one attached hydrogen (secondary N) is 1. The van der Waals surface area contributed by atoms with Crippen LogP contribution in [0.1, 0.15) is 61.6 Å². The molecule has 2 fully saturated rings. The van der Waals surface area contributed by atoms with Gasteiger partial charge in [0.1, 0.15) is 11.1 Å². The van der Waals surface area contributed by atoms with Gasteiger partial charge >= 0.3 is 0 Å². The second-order valence-electron chi connectivity index (χ2n) is 7.09. The highest BCUT2D eigenvalue weighted by molar-refractivity contribution is 5.93. The summed E-state index contributed by atoms with van der Waals surface area (Å²) >= 11 is 0. The van der Waals surface area contributed by atoms with Crippen molar-refractivity contribution in [1.82, 2.24) is 15.1 Å². The number of nitrogens with zero attached hydrogens (tertiary/aromatic N) is 3. The quantitative estimate of drug-likeness (QED) is 0.902. The summed E-state index contributed by atoms with van der Waals surface area (Å²) in [5.74, 6) is 0.445. The van der Waals surface area contributed by atoms with Gasteiger partial charge in [0.25, 0.3) is 5.91 Å². The predicted octanol–water partition coefficient (Wildman–Crippen LogP) is 2.26. The number of H-pyrrole nitrogens is 1. The lowest BCUT2D eigenvalue weighted by Crippen LogP contribution is -2.29. The van der Waals surface area contributed by atoms with Gasteiger partial charge in [-0.15, -0.1) is 0 Å². The van der Waals surface area contributed by atoms with Crippen molar-refractivity contribution in [1.29, 1.82) is 5.26 Å². The molecule has 6 nitrogen and oxygen atoms in total. The molecule has 1 N–H and O–H groups in total. The summed E-state index contributed by atoms with van der Waals surface area (Å²) in [6, 6.07) is 3.96. The molecule has 0 aromatic carbocycles. The summed E-state index contributed by atoms with van der Waals surface area (Å²) < 4.78 is 0. The number of Topliss-reactive ketones (excluding diaryl/α,β-unsaturated/α-hetero) is 1. The number of amides is 1. The van der Waals surface area contributed by atoms with E-state index in [1.165, 1.54) is 0 Å². The van der Waals surface area contributed by atoms with Gasteiger partial charge in [-0.1, -0.05) is 13.8 Å². The third-order valence-electron chi connectivity index (χ3n) is 4.98. The third-order valence-corrected chi connectivity index (χ3v) is 4.98. The molecule has 122 valence electrons. The fourth-order valence-corrected chi connectivity index (χ4v) is 3.12. The Morgan fingerprint density at radius 2 is 2.26 bits per heavy atom. The zero-order valence-electron chi connectivity index (χ0n) is 13.6. The first-order valence-electron chi connectivity index (χ1n) is 8.24. The van der Waals surface area contributed by atoms with Crippen LogP contribution in [-0.2, 0) is 4.79 Å². The van der Waals surface area contributed by atoms with Gasteiger partial charge < -0.3 is 4.90 Å². The lowest BCUT2D eigenvalue weighted by Gasteiger charge is -2.15. The normalized spacial score (nSPS) is 22.2. The SMILES string of the molecule is CC(C)c1cc(C(=O)N2CC[C@@H](CC(=O)C3(C#N)CC3)C2)n[nH]1. The van der Waals surface area contributed by atoms with Gasteiger partial charge in [0, 0.05) is 25.2 Å².